The molecule has 0 spiro atoms. The van der Waals surface area contributed by atoms with Crippen LogP contribution in [0.3, 0.4) is 0 Å². The molecule has 0 radical (unpaired) electrons. The summed E-state index contributed by atoms with van der Waals surface area (Å²) in [6, 6.07) is 29.1. The fourth-order valence-electron chi connectivity index (χ4n) is 4.11. The monoisotopic (exact) mass is 538 g/mol. The van der Waals surface area contributed by atoms with Crippen LogP contribution in [-0.4, -0.2) is 51.1 Å². The van der Waals surface area contributed by atoms with E-state index >= 15 is 0 Å². The second-order valence-electron chi connectivity index (χ2n) is 8.45. The minimum atomic E-state index is -4.41. The molecule has 3 aromatic carbocycles. The van der Waals surface area contributed by atoms with Gasteiger partial charge in [0.05, 0.1) is 12.8 Å². The van der Waals surface area contributed by atoms with Crippen molar-refractivity contribution in [2.24, 2.45) is 15.3 Å². The van der Waals surface area contributed by atoms with Crippen molar-refractivity contribution in [1.82, 2.24) is 4.90 Å². The maximum atomic E-state index is 9.22. The molecule has 1 N–H and O–H groups in total. The highest BCUT2D eigenvalue weighted by atomic mass is 32.3. The van der Waals surface area contributed by atoms with Gasteiger partial charge < -0.3 is 9.45 Å². The largest absolute Gasteiger partial charge is 0.726 e. The molecule has 2 atom stereocenters. The second-order valence-corrected chi connectivity index (χ2v) is 9.60. The fourth-order valence-corrected chi connectivity index (χ4v) is 4.11. The molecule has 0 aliphatic carbocycles. The second kappa shape index (κ2) is 13.8. The van der Waals surface area contributed by atoms with E-state index in [4.69, 9.17) is 5.10 Å². The third kappa shape index (κ3) is 8.18. The Hall–Kier alpha value is -3.64. The van der Waals surface area contributed by atoms with E-state index in [0.29, 0.717) is 5.96 Å². The standard InChI is InChI=1S/C26H30N6.CH4O4S/c1-4-31(5-2)24-18-16-23(17-19-24)27-28-26-29-32(20-21-12-8-6-9-13-21)25(30(26)3)22-14-10-7-11-15-22;1-5-6(2,3)4/h6-19,25H,4-5,20H2,1-3H3;1H3,(H,2,3,4). The van der Waals surface area contributed by atoms with E-state index in [1.165, 1.54) is 16.8 Å². The van der Waals surface area contributed by atoms with E-state index in [2.05, 4.69) is 98.7 Å². The number of anilines is 1. The van der Waals surface area contributed by atoms with E-state index in [-0.39, 0.29) is 6.17 Å². The summed E-state index contributed by atoms with van der Waals surface area (Å²) >= 11 is 0. The Balaban J connectivity index is 0.000000599. The number of guanidine groups is 1. The van der Waals surface area contributed by atoms with Crippen LogP contribution < -0.4 is 9.91 Å². The molecule has 10 nitrogen and oxygen atoms in total. The highest BCUT2D eigenvalue weighted by molar-refractivity contribution is 7.80. The summed E-state index contributed by atoms with van der Waals surface area (Å²) < 4.78 is 31.0. The van der Waals surface area contributed by atoms with Crippen LogP contribution in [0, 0.1) is 0 Å². The van der Waals surface area contributed by atoms with Gasteiger partial charge in [-0.1, -0.05) is 60.7 Å². The molecule has 0 bridgehead atoms. The first kappa shape index (κ1) is 28.9. The molecule has 1 heterocycles. The van der Waals surface area contributed by atoms with Crippen LogP contribution in [0.1, 0.15) is 31.1 Å². The Bertz CT molecular complexity index is 1300. The van der Waals surface area contributed by atoms with Crippen LogP contribution in [0.5, 0.6) is 0 Å². The van der Waals surface area contributed by atoms with Crippen molar-refractivity contribution in [1.29, 1.82) is 0 Å². The highest BCUT2D eigenvalue weighted by Crippen LogP contribution is 2.22. The first-order valence-electron chi connectivity index (χ1n) is 12.3. The van der Waals surface area contributed by atoms with E-state index < -0.39 is 10.4 Å². The Morgan fingerprint density at radius 3 is 2.03 bits per heavy atom. The van der Waals surface area contributed by atoms with Gasteiger partial charge in [0.2, 0.25) is 16.6 Å². The Labute approximate surface area is 224 Å². The van der Waals surface area contributed by atoms with Gasteiger partial charge >= 0.3 is 5.96 Å². The lowest BCUT2D eigenvalue weighted by atomic mass is 10.1. The zero-order valence-corrected chi connectivity index (χ0v) is 22.9. The van der Waals surface area contributed by atoms with Crippen molar-refractivity contribution in [2.75, 3.05) is 32.1 Å². The lowest BCUT2D eigenvalue weighted by Gasteiger charge is -2.23. The minimum Gasteiger partial charge on any atom is -0.726 e. The summed E-state index contributed by atoms with van der Waals surface area (Å²) in [5, 5.41) is 15.0. The zero-order valence-electron chi connectivity index (χ0n) is 22.1. The van der Waals surface area contributed by atoms with Crippen LogP contribution in [0.4, 0.5) is 11.4 Å². The van der Waals surface area contributed by atoms with Crippen molar-refractivity contribution in [3.8, 4) is 0 Å². The predicted octanol–water partition coefficient (Wildman–Crippen LogP) is 3.71. The number of nitrogens with zero attached hydrogens (tertiary/aromatic N) is 5. The normalized spacial score (nSPS) is 17.2. The molecular formula is C27H34N6O4S. The zero-order chi connectivity index (χ0) is 27.5. The van der Waals surface area contributed by atoms with Gasteiger partial charge in [-0.2, -0.15) is 5.01 Å². The molecule has 1 aliphatic rings. The molecule has 202 valence electrons. The summed E-state index contributed by atoms with van der Waals surface area (Å²) in [6.45, 7) is 7.08. The van der Waals surface area contributed by atoms with Crippen molar-refractivity contribution in [2.45, 2.75) is 26.6 Å². The maximum Gasteiger partial charge on any atom is 0.302 e. The SMILES string of the molecule is CCN(CC)c1ccc(N=NC2=N[NH+](Cc3ccccc3)C(c3ccccc3)N2C)cc1.COS(=O)(=O)[O-]. The van der Waals surface area contributed by atoms with Crippen LogP contribution in [0.25, 0.3) is 0 Å². The Kier molecular flexibility index (Phi) is 10.5. The lowest BCUT2D eigenvalue weighted by molar-refractivity contribution is -0.954. The van der Waals surface area contributed by atoms with Crippen molar-refractivity contribution in [3.05, 3.63) is 96.1 Å². The van der Waals surface area contributed by atoms with Gasteiger partial charge in [0.25, 0.3) is 0 Å². The summed E-state index contributed by atoms with van der Waals surface area (Å²) in [5.74, 6) is 0.637. The maximum absolute atomic E-state index is 9.22. The summed E-state index contributed by atoms with van der Waals surface area (Å²) in [7, 11) is -1.57. The van der Waals surface area contributed by atoms with Crippen LogP contribution in [-0.2, 0) is 21.1 Å². The van der Waals surface area contributed by atoms with E-state index in [0.717, 1.165) is 37.4 Å². The van der Waals surface area contributed by atoms with Crippen molar-refractivity contribution >= 4 is 27.7 Å². The van der Waals surface area contributed by atoms with Gasteiger partial charge in [0.15, 0.2) is 0 Å². The molecule has 3 aromatic rings. The number of azo groups is 1. The van der Waals surface area contributed by atoms with Crippen LogP contribution >= 0.6 is 0 Å². The van der Waals surface area contributed by atoms with Crippen molar-refractivity contribution < 1.29 is 22.2 Å². The van der Waals surface area contributed by atoms with Crippen molar-refractivity contribution in [3.63, 3.8) is 0 Å². The van der Waals surface area contributed by atoms with Gasteiger partial charge in [-0.25, -0.2) is 8.42 Å². The number of rotatable bonds is 8. The van der Waals surface area contributed by atoms with Crippen LogP contribution in [0.15, 0.2) is 100 Å². The minimum absolute atomic E-state index is 0.0513. The lowest BCUT2D eigenvalue weighted by Crippen LogP contribution is -3.06. The first-order valence-corrected chi connectivity index (χ1v) is 13.6. The summed E-state index contributed by atoms with van der Waals surface area (Å²) in [5.41, 5.74) is 4.47. The Morgan fingerprint density at radius 1 is 0.947 bits per heavy atom. The molecule has 2 unspecified atom stereocenters. The number of benzene rings is 3. The highest BCUT2D eigenvalue weighted by Gasteiger charge is 2.38. The number of hydrogen-bond donors (Lipinski definition) is 1. The molecule has 1 aliphatic heterocycles. The third-order valence-corrected chi connectivity index (χ3v) is 6.45. The smallest absolute Gasteiger partial charge is 0.302 e. The average molecular weight is 539 g/mol. The molecule has 0 saturated heterocycles. The van der Waals surface area contributed by atoms with E-state index in [1.807, 2.05) is 31.3 Å². The van der Waals surface area contributed by atoms with Gasteiger partial charge in [-0.3, -0.25) is 9.08 Å². The molecule has 0 fully saturated rings. The summed E-state index contributed by atoms with van der Waals surface area (Å²) in [6.07, 6.45) is 0.0513. The number of nitrogens with one attached hydrogen (secondary N) is 1. The fraction of sp³-hybridized carbons (Fsp3) is 0.296. The molecule has 0 amide bonds. The molecule has 4 rings (SSSR count). The average Bonchev–Trinajstić information content (AvgIpc) is 3.24. The number of quaternary nitrogens is 1. The summed E-state index contributed by atoms with van der Waals surface area (Å²) in [4.78, 5) is 4.42. The predicted molar refractivity (Wildman–Crippen MR) is 147 cm³/mol. The van der Waals surface area contributed by atoms with E-state index in [1.54, 1.807) is 0 Å². The molecule has 38 heavy (non-hydrogen) atoms. The van der Waals surface area contributed by atoms with Gasteiger partial charge in [0.1, 0.15) is 6.54 Å². The molecule has 0 saturated carbocycles. The number of hydrogen-bond acceptors (Lipinski definition) is 9. The molecular weight excluding hydrogens is 504 g/mol. The van der Waals surface area contributed by atoms with Gasteiger partial charge in [-0.15, -0.1) is 10.2 Å². The third-order valence-electron chi connectivity index (χ3n) is 6.04. The quantitative estimate of drug-likeness (QED) is 0.266. The van der Waals surface area contributed by atoms with Crippen LogP contribution in [0.2, 0.25) is 0 Å². The molecule has 0 aromatic heterocycles. The Morgan fingerprint density at radius 2 is 1.50 bits per heavy atom. The van der Waals surface area contributed by atoms with Gasteiger partial charge in [-0.05, 0) is 43.2 Å². The van der Waals surface area contributed by atoms with Gasteiger partial charge in [0, 0.05) is 37.0 Å². The first-order chi connectivity index (χ1) is 18.3. The topological polar surface area (TPSA) is 114 Å². The molecule has 11 heteroatoms. The van der Waals surface area contributed by atoms with E-state index in [9.17, 15) is 13.0 Å².